The SMILES string of the molecule is CCn1cncc1C(Nc1ccc(Br)cc1)C(=O)O. The van der Waals surface area contributed by atoms with Crippen LogP contribution >= 0.6 is 15.9 Å². The number of rotatable bonds is 5. The Morgan fingerprint density at radius 1 is 1.47 bits per heavy atom. The summed E-state index contributed by atoms with van der Waals surface area (Å²) in [6, 6.07) is 6.56. The monoisotopic (exact) mass is 323 g/mol. The smallest absolute Gasteiger partial charge is 0.332 e. The van der Waals surface area contributed by atoms with Gasteiger partial charge in [0.25, 0.3) is 0 Å². The van der Waals surface area contributed by atoms with Crippen molar-refractivity contribution in [1.29, 1.82) is 0 Å². The molecule has 1 aromatic carbocycles. The number of hydrogen-bond acceptors (Lipinski definition) is 3. The predicted molar refractivity (Wildman–Crippen MR) is 76.0 cm³/mol. The highest BCUT2D eigenvalue weighted by Crippen LogP contribution is 2.21. The van der Waals surface area contributed by atoms with E-state index in [0.717, 1.165) is 10.2 Å². The van der Waals surface area contributed by atoms with Crippen LogP contribution in [0.3, 0.4) is 0 Å². The van der Waals surface area contributed by atoms with Gasteiger partial charge in [-0.1, -0.05) is 15.9 Å². The van der Waals surface area contributed by atoms with E-state index in [4.69, 9.17) is 0 Å². The fraction of sp³-hybridized carbons (Fsp3) is 0.231. The van der Waals surface area contributed by atoms with Crippen molar-refractivity contribution < 1.29 is 9.90 Å². The number of aryl methyl sites for hydroxylation is 1. The molecular formula is C13H14BrN3O2. The molecule has 1 unspecified atom stereocenters. The second kappa shape index (κ2) is 5.88. The standard InChI is InChI=1S/C13H14BrN3O2/c1-2-17-8-15-7-11(17)12(13(18)19)16-10-5-3-9(14)4-6-10/h3-8,12,16H,2H2,1H3,(H,18,19). The first kappa shape index (κ1) is 13.6. The van der Waals surface area contributed by atoms with Crippen LogP contribution in [-0.4, -0.2) is 20.6 Å². The molecule has 0 fully saturated rings. The van der Waals surface area contributed by atoms with Crippen LogP contribution in [0.5, 0.6) is 0 Å². The minimum Gasteiger partial charge on any atom is -0.479 e. The number of halogens is 1. The number of carbonyl (C=O) groups is 1. The third kappa shape index (κ3) is 3.14. The lowest BCUT2D eigenvalue weighted by molar-refractivity contribution is -0.138. The molecule has 0 radical (unpaired) electrons. The van der Waals surface area contributed by atoms with E-state index in [1.54, 1.807) is 12.5 Å². The molecule has 0 saturated carbocycles. The molecule has 1 atom stereocenters. The van der Waals surface area contributed by atoms with Gasteiger partial charge in [-0.2, -0.15) is 0 Å². The molecule has 0 aliphatic heterocycles. The highest BCUT2D eigenvalue weighted by Gasteiger charge is 2.23. The summed E-state index contributed by atoms with van der Waals surface area (Å²) in [4.78, 5) is 15.4. The van der Waals surface area contributed by atoms with Crippen molar-refractivity contribution in [1.82, 2.24) is 9.55 Å². The van der Waals surface area contributed by atoms with Crippen molar-refractivity contribution in [2.75, 3.05) is 5.32 Å². The summed E-state index contributed by atoms with van der Waals surface area (Å²) in [6.07, 6.45) is 3.21. The van der Waals surface area contributed by atoms with Crippen molar-refractivity contribution in [3.05, 3.63) is 47.0 Å². The number of carboxylic acids is 1. The number of nitrogens with zero attached hydrogens (tertiary/aromatic N) is 2. The third-order valence-corrected chi connectivity index (χ3v) is 3.31. The molecule has 0 spiro atoms. The van der Waals surface area contributed by atoms with Gasteiger partial charge in [0.1, 0.15) is 0 Å². The Kier molecular flexibility index (Phi) is 4.21. The minimum atomic E-state index is -0.932. The Balaban J connectivity index is 2.26. The van der Waals surface area contributed by atoms with E-state index in [0.29, 0.717) is 12.2 Å². The zero-order chi connectivity index (χ0) is 13.8. The van der Waals surface area contributed by atoms with Crippen LogP contribution in [0.2, 0.25) is 0 Å². The minimum absolute atomic E-state index is 0.637. The van der Waals surface area contributed by atoms with Crippen molar-refractivity contribution in [2.45, 2.75) is 19.5 Å². The first-order chi connectivity index (χ1) is 9.11. The van der Waals surface area contributed by atoms with Gasteiger partial charge in [0.2, 0.25) is 0 Å². The Hall–Kier alpha value is -1.82. The highest BCUT2D eigenvalue weighted by molar-refractivity contribution is 9.10. The molecular weight excluding hydrogens is 310 g/mol. The van der Waals surface area contributed by atoms with E-state index in [1.165, 1.54) is 0 Å². The lowest BCUT2D eigenvalue weighted by Crippen LogP contribution is -2.23. The van der Waals surface area contributed by atoms with Gasteiger partial charge in [-0.15, -0.1) is 0 Å². The summed E-state index contributed by atoms with van der Waals surface area (Å²) in [5, 5.41) is 12.4. The summed E-state index contributed by atoms with van der Waals surface area (Å²) in [6.45, 7) is 2.63. The Bertz CT molecular complexity index is 566. The first-order valence-corrected chi connectivity index (χ1v) is 6.66. The van der Waals surface area contributed by atoms with Gasteiger partial charge in [0.05, 0.1) is 18.2 Å². The Morgan fingerprint density at radius 2 is 2.16 bits per heavy atom. The molecule has 0 bridgehead atoms. The van der Waals surface area contributed by atoms with Crippen LogP contribution in [0.1, 0.15) is 18.7 Å². The van der Waals surface area contributed by atoms with E-state index >= 15 is 0 Å². The Labute approximate surface area is 119 Å². The number of anilines is 1. The zero-order valence-corrected chi connectivity index (χ0v) is 12.0. The normalized spacial score (nSPS) is 12.1. The molecule has 2 aromatic rings. The number of hydrogen-bond donors (Lipinski definition) is 2. The lowest BCUT2D eigenvalue weighted by atomic mass is 10.2. The van der Waals surface area contributed by atoms with Crippen LogP contribution < -0.4 is 5.32 Å². The van der Waals surface area contributed by atoms with Crippen molar-refractivity contribution in [2.24, 2.45) is 0 Å². The van der Waals surface area contributed by atoms with Crippen LogP contribution in [0, 0.1) is 0 Å². The van der Waals surface area contributed by atoms with Gasteiger partial charge < -0.3 is 15.0 Å². The molecule has 19 heavy (non-hydrogen) atoms. The maximum Gasteiger partial charge on any atom is 0.332 e. The van der Waals surface area contributed by atoms with Crippen LogP contribution in [0.4, 0.5) is 5.69 Å². The van der Waals surface area contributed by atoms with E-state index in [-0.39, 0.29) is 0 Å². The molecule has 2 N–H and O–H groups in total. The Morgan fingerprint density at radius 3 is 2.74 bits per heavy atom. The van der Waals surface area contributed by atoms with Crippen LogP contribution in [-0.2, 0) is 11.3 Å². The molecule has 0 aliphatic rings. The van der Waals surface area contributed by atoms with Gasteiger partial charge in [-0.25, -0.2) is 9.78 Å². The topological polar surface area (TPSA) is 67.2 Å². The van der Waals surface area contributed by atoms with Gasteiger partial charge in [0, 0.05) is 16.7 Å². The number of nitrogens with one attached hydrogen (secondary N) is 1. The number of aliphatic carboxylic acids is 1. The van der Waals surface area contributed by atoms with E-state index in [9.17, 15) is 9.90 Å². The summed E-state index contributed by atoms with van der Waals surface area (Å²) in [5.41, 5.74) is 1.39. The fourth-order valence-corrected chi connectivity index (χ4v) is 2.07. The van der Waals surface area contributed by atoms with Gasteiger partial charge in [-0.05, 0) is 31.2 Å². The number of imidazole rings is 1. The van der Waals surface area contributed by atoms with Gasteiger partial charge in [0.15, 0.2) is 6.04 Å². The van der Waals surface area contributed by atoms with E-state index in [1.807, 2.05) is 35.8 Å². The third-order valence-electron chi connectivity index (χ3n) is 2.78. The molecule has 2 rings (SSSR count). The van der Waals surface area contributed by atoms with Crippen molar-refractivity contribution in [3.8, 4) is 0 Å². The summed E-state index contributed by atoms with van der Waals surface area (Å²) >= 11 is 3.34. The van der Waals surface area contributed by atoms with Gasteiger partial charge in [-0.3, -0.25) is 0 Å². The maximum absolute atomic E-state index is 11.4. The number of carboxylic acid groups (broad SMARTS) is 1. The molecule has 0 saturated heterocycles. The number of benzene rings is 1. The summed E-state index contributed by atoms with van der Waals surface area (Å²) in [5.74, 6) is -0.932. The average Bonchev–Trinajstić information content (AvgIpc) is 2.85. The zero-order valence-electron chi connectivity index (χ0n) is 10.4. The molecule has 6 heteroatoms. The molecule has 0 amide bonds. The van der Waals surface area contributed by atoms with Crippen molar-refractivity contribution >= 4 is 27.6 Å². The summed E-state index contributed by atoms with van der Waals surface area (Å²) in [7, 11) is 0. The van der Waals surface area contributed by atoms with Crippen molar-refractivity contribution in [3.63, 3.8) is 0 Å². The molecule has 1 heterocycles. The number of aromatic nitrogens is 2. The van der Waals surface area contributed by atoms with E-state index < -0.39 is 12.0 Å². The molecule has 1 aromatic heterocycles. The second-order valence-electron chi connectivity index (χ2n) is 4.03. The summed E-state index contributed by atoms with van der Waals surface area (Å²) < 4.78 is 2.76. The van der Waals surface area contributed by atoms with E-state index in [2.05, 4.69) is 26.2 Å². The van der Waals surface area contributed by atoms with Crippen LogP contribution in [0.15, 0.2) is 41.3 Å². The highest BCUT2D eigenvalue weighted by atomic mass is 79.9. The van der Waals surface area contributed by atoms with Crippen LogP contribution in [0.25, 0.3) is 0 Å². The maximum atomic E-state index is 11.4. The predicted octanol–water partition coefficient (Wildman–Crippen LogP) is 2.90. The average molecular weight is 324 g/mol. The molecule has 0 aliphatic carbocycles. The molecule has 5 nitrogen and oxygen atoms in total. The first-order valence-electron chi connectivity index (χ1n) is 5.86. The molecule has 100 valence electrons. The second-order valence-corrected chi connectivity index (χ2v) is 4.94. The van der Waals surface area contributed by atoms with Gasteiger partial charge >= 0.3 is 5.97 Å². The quantitative estimate of drug-likeness (QED) is 0.887. The fourth-order valence-electron chi connectivity index (χ4n) is 1.81. The largest absolute Gasteiger partial charge is 0.479 e. The lowest BCUT2D eigenvalue weighted by Gasteiger charge is -2.17.